The first-order chi connectivity index (χ1) is 9.75. The van der Waals surface area contributed by atoms with Crippen molar-refractivity contribution in [2.45, 2.75) is 25.0 Å². The third kappa shape index (κ3) is 1.08. The number of fused-ring (bicyclic) bond motifs is 10. The largest absolute Gasteiger partial charge is 0.364 e. The SMILES string of the molecule is Cc1ccc2c(c1)C(=O)[C@@H]1[C@H]2[C@@H]2O[C@H]1c1ccccc12. The van der Waals surface area contributed by atoms with Crippen LogP contribution >= 0.6 is 0 Å². The molecule has 2 aliphatic heterocycles. The number of carbonyl (C=O) groups excluding carboxylic acids is 1. The molecule has 0 N–H and O–H groups in total. The summed E-state index contributed by atoms with van der Waals surface area (Å²) in [6, 6.07) is 14.6. The van der Waals surface area contributed by atoms with E-state index in [4.69, 9.17) is 4.74 Å². The van der Waals surface area contributed by atoms with E-state index < -0.39 is 0 Å². The minimum absolute atomic E-state index is 0.00769. The number of aryl methyl sites for hydroxylation is 1. The van der Waals surface area contributed by atoms with E-state index in [9.17, 15) is 4.79 Å². The lowest BCUT2D eigenvalue weighted by Gasteiger charge is -2.22. The zero-order valence-corrected chi connectivity index (χ0v) is 11.2. The summed E-state index contributed by atoms with van der Waals surface area (Å²) in [6.45, 7) is 2.04. The fraction of sp³-hybridized carbons (Fsp3) is 0.278. The van der Waals surface area contributed by atoms with Gasteiger partial charge < -0.3 is 4.74 Å². The van der Waals surface area contributed by atoms with Crippen LogP contribution in [0.25, 0.3) is 0 Å². The van der Waals surface area contributed by atoms with Gasteiger partial charge in [0.2, 0.25) is 0 Å². The van der Waals surface area contributed by atoms with Crippen molar-refractivity contribution in [3.8, 4) is 0 Å². The number of rotatable bonds is 0. The van der Waals surface area contributed by atoms with Crippen molar-refractivity contribution in [1.29, 1.82) is 0 Å². The predicted octanol–water partition coefficient (Wildman–Crippen LogP) is 3.72. The molecule has 2 aromatic rings. The summed E-state index contributed by atoms with van der Waals surface area (Å²) >= 11 is 0. The summed E-state index contributed by atoms with van der Waals surface area (Å²) in [5.74, 6) is 0.486. The third-order valence-electron chi connectivity index (χ3n) is 5.08. The minimum atomic E-state index is -0.0404. The van der Waals surface area contributed by atoms with Gasteiger partial charge in [0.05, 0.1) is 18.1 Å². The van der Waals surface area contributed by atoms with Gasteiger partial charge in [-0.15, -0.1) is 0 Å². The van der Waals surface area contributed by atoms with Gasteiger partial charge >= 0.3 is 0 Å². The highest BCUT2D eigenvalue weighted by Gasteiger charge is 2.59. The average molecular weight is 262 g/mol. The third-order valence-corrected chi connectivity index (χ3v) is 5.08. The maximum Gasteiger partial charge on any atom is 0.169 e. The van der Waals surface area contributed by atoms with E-state index in [0.717, 1.165) is 11.1 Å². The van der Waals surface area contributed by atoms with Crippen molar-refractivity contribution in [1.82, 2.24) is 0 Å². The molecule has 2 bridgehead atoms. The van der Waals surface area contributed by atoms with Crippen molar-refractivity contribution < 1.29 is 9.53 Å². The number of Topliss-reactive ketones (excluding diaryl/α,β-unsaturated/α-hetero) is 1. The smallest absolute Gasteiger partial charge is 0.169 e. The number of benzene rings is 2. The Morgan fingerprint density at radius 2 is 1.60 bits per heavy atom. The molecule has 2 aromatic carbocycles. The van der Waals surface area contributed by atoms with E-state index in [1.165, 1.54) is 16.7 Å². The Hall–Kier alpha value is -1.93. The summed E-state index contributed by atoms with van der Waals surface area (Å²) < 4.78 is 6.15. The molecule has 0 spiro atoms. The lowest BCUT2D eigenvalue weighted by molar-refractivity contribution is 0.0526. The summed E-state index contributed by atoms with van der Waals surface area (Å²) in [5, 5.41) is 0. The Bertz CT molecular complexity index is 762. The Morgan fingerprint density at radius 1 is 0.900 bits per heavy atom. The Labute approximate surface area is 117 Å². The van der Waals surface area contributed by atoms with Crippen LogP contribution in [0.4, 0.5) is 0 Å². The van der Waals surface area contributed by atoms with Crippen LogP contribution in [0, 0.1) is 12.8 Å². The van der Waals surface area contributed by atoms with Crippen molar-refractivity contribution in [2.24, 2.45) is 5.92 Å². The van der Waals surface area contributed by atoms with Crippen molar-refractivity contribution >= 4 is 5.78 Å². The van der Waals surface area contributed by atoms with Gasteiger partial charge in [0.25, 0.3) is 0 Å². The molecule has 2 heterocycles. The highest BCUT2D eigenvalue weighted by molar-refractivity contribution is 6.04. The topological polar surface area (TPSA) is 26.3 Å². The number of hydrogen-bond donors (Lipinski definition) is 0. The molecule has 4 atom stereocenters. The molecule has 3 aliphatic rings. The highest BCUT2D eigenvalue weighted by Crippen LogP contribution is 2.64. The lowest BCUT2D eigenvalue weighted by atomic mass is 9.76. The second-order valence-electron chi connectivity index (χ2n) is 6.11. The van der Waals surface area contributed by atoms with E-state index in [0.29, 0.717) is 0 Å². The van der Waals surface area contributed by atoms with Gasteiger partial charge in [-0.05, 0) is 29.7 Å². The predicted molar refractivity (Wildman–Crippen MR) is 74.7 cm³/mol. The van der Waals surface area contributed by atoms with Crippen molar-refractivity contribution in [3.63, 3.8) is 0 Å². The first-order valence-electron chi connectivity index (χ1n) is 7.15. The average Bonchev–Trinajstić information content (AvgIpc) is 3.10. The summed E-state index contributed by atoms with van der Waals surface area (Å²) in [4.78, 5) is 12.8. The Kier molecular flexibility index (Phi) is 1.83. The van der Waals surface area contributed by atoms with Crippen molar-refractivity contribution in [2.75, 3.05) is 0 Å². The zero-order chi connectivity index (χ0) is 13.4. The van der Waals surface area contributed by atoms with E-state index in [1.807, 2.05) is 19.1 Å². The molecule has 2 nitrogen and oxygen atoms in total. The van der Waals surface area contributed by atoms with Gasteiger partial charge in [0, 0.05) is 11.5 Å². The number of hydrogen-bond acceptors (Lipinski definition) is 2. The van der Waals surface area contributed by atoms with Gasteiger partial charge in [-0.3, -0.25) is 4.79 Å². The first kappa shape index (κ1) is 10.8. The summed E-state index contributed by atoms with van der Waals surface area (Å²) in [5.41, 5.74) is 5.76. The lowest BCUT2D eigenvalue weighted by Crippen LogP contribution is -2.20. The van der Waals surface area contributed by atoms with Gasteiger partial charge in [-0.2, -0.15) is 0 Å². The van der Waals surface area contributed by atoms with Crippen LogP contribution in [-0.4, -0.2) is 5.78 Å². The molecular weight excluding hydrogens is 248 g/mol. The summed E-state index contributed by atoms with van der Waals surface area (Å²) in [7, 11) is 0. The highest BCUT2D eigenvalue weighted by atomic mass is 16.5. The number of carbonyl (C=O) groups is 1. The molecule has 0 aromatic heterocycles. The molecule has 1 aliphatic carbocycles. The van der Waals surface area contributed by atoms with Crippen LogP contribution in [-0.2, 0) is 4.74 Å². The molecule has 0 radical (unpaired) electrons. The number of ketones is 1. The standard InChI is InChI=1S/C18H14O2/c1-9-6-7-10-13(8-9)16(19)15-14(10)17-11-4-2-3-5-12(11)18(15)20-17/h2-8,14-15,17-18H,1H3/t14-,15-,17+,18-/m0/s1. The van der Waals surface area contributed by atoms with E-state index in [-0.39, 0.29) is 29.8 Å². The normalized spacial score (nSPS) is 32.1. The molecule has 20 heavy (non-hydrogen) atoms. The quantitative estimate of drug-likeness (QED) is 0.723. The number of ether oxygens (including phenoxy) is 1. The van der Waals surface area contributed by atoms with Gasteiger partial charge in [0.15, 0.2) is 5.78 Å². The van der Waals surface area contributed by atoms with E-state index in [1.54, 1.807) is 0 Å². The van der Waals surface area contributed by atoms with Gasteiger partial charge in [-0.25, -0.2) is 0 Å². The molecule has 98 valence electrons. The molecule has 2 heteroatoms. The second-order valence-corrected chi connectivity index (χ2v) is 6.11. The molecule has 1 saturated heterocycles. The first-order valence-corrected chi connectivity index (χ1v) is 7.15. The molecular formula is C18H14O2. The van der Waals surface area contributed by atoms with Crippen LogP contribution in [0.5, 0.6) is 0 Å². The minimum Gasteiger partial charge on any atom is -0.364 e. The fourth-order valence-corrected chi connectivity index (χ4v) is 4.28. The maximum atomic E-state index is 12.8. The Balaban J connectivity index is 1.74. The van der Waals surface area contributed by atoms with Crippen LogP contribution in [0.1, 0.15) is 50.7 Å². The van der Waals surface area contributed by atoms with Crippen molar-refractivity contribution in [3.05, 3.63) is 70.3 Å². The molecule has 0 saturated carbocycles. The second kappa shape index (κ2) is 3.39. The zero-order valence-electron chi connectivity index (χ0n) is 11.2. The fourth-order valence-electron chi connectivity index (χ4n) is 4.28. The summed E-state index contributed by atoms with van der Waals surface area (Å²) in [6.07, 6.45) is 0.0236. The molecule has 0 unspecified atom stereocenters. The van der Waals surface area contributed by atoms with Crippen LogP contribution < -0.4 is 0 Å². The molecule has 1 fully saturated rings. The monoisotopic (exact) mass is 262 g/mol. The molecule has 5 rings (SSSR count). The van der Waals surface area contributed by atoms with Crippen LogP contribution in [0.3, 0.4) is 0 Å². The van der Waals surface area contributed by atoms with E-state index in [2.05, 4.69) is 30.3 Å². The van der Waals surface area contributed by atoms with Crippen LogP contribution in [0.2, 0.25) is 0 Å². The van der Waals surface area contributed by atoms with Crippen LogP contribution in [0.15, 0.2) is 42.5 Å². The van der Waals surface area contributed by atoms with Gasteiger partial charge in [-0.1, -0.05) is 42.0 Å². The maximum absolute atomic E-state index is 12.8. The molecule has 0 amide bonds. The van der Waals surface area contributed by atoms with E-state index >= 15 is 0 Å². The Morgan fingerprint density at radius 3 is 2.35 bits per heavy atom. The van der Waals surface area contributed by atoms with Gasteiger partial charge in [0.1, 0.15) is 0 Å².